The van der Waals surface area contributed by atoms with E-state index >= 15 is 0 Å². The smallest absolute Gasteiger partial charge is 0.234 e. The number of aryl methyl sites for hydroxylation is 1. The molecule has 27 heavy (non-hydrogen) atoms. The van der Waals surface area contributed by atoms with Crippen molar-refractivity contribution in [3.05, 3.63) is 52.0 Å². The molecule has 148 valence electrons. The summed E-state index contributed by atoms with van der Waals surface area (Å²) in [6.07, 6.45) is 0.876. The fourth-order valence-corrected chi connectivity index (χ4v) is 3.89. The number of nitrogens with zero attached hydrogens (tertiary/aromatic N) is 1. The summed E-state index contributed by atoms with van der Waals surface area (Å²) in [6.45, 7) is 5.05. The summed E-state index contributed by atoms with van der Waals surface area (Å²) in [7, 11) is -3.61. The van der Waals surface area contributed by atoms with E-state index in [2.05, 4.69) is 26.4 Å². The average molecular weight is 413 g/mol. The highest BCUT2D eigenvalue weighted by Gasteiger charge is 2.11. The number of benzene rings is 1. The lowest BCUT2D eigenvalue weighted by molar-refractivity contribution is 0.600. The molecule has 0 saturated carbocycles. The molecule has 0 aliphatic rings. The van der Waals surface area contributed by atoms with E-state index in [1.807, 2.05) is 18.4 Å². The summed E-state index contributed by atoms with van der Waals surface area (Å²) in [5.74, 6) is -0.0625. The number of hydrogen-bond acceptors (Lipinski definition) is 4. The highest BCUT2D eigenvalue weighted by atomic mass is 32.2. The van der Waals surface area contributed by atoms with Gasteiger partial charge in [0.15, 0.2) is 5.96 Å². The highest BCUT2D eigenvalue weighted by Crippen LogP contribution is 2.15. The van der Waals surface area contributed by atoms with Crippen LogP contribution in [-0.4, -0.2) is 39.8 Å². The van der Waals surface area contributed by atoms with Gasteiger partial charge in [-0.25, -0.2) is 12.8 Å². The first-order chi connectivity index (χ1) is 12.9. The fraction of sp³-hybridized carbons (Fsp3) is 0.389. The third kappa shape index (κ3) is 7.56. The molecule has 0 aliphatic carbocycles. The standard InChI is InChI=1S/C18H25FN4O2S2/c1-3-20-18(21-9-8-16-5-4-11-26-16)22-10-12-27(24,25)23-15-7-6-14(2)17(19)13-15/h4-7,11,13,23H,3,8-10,12H2,1-2H3,(H2,20,21,22). The van der Waals surface area contributed by atoms with Crippen molar-refractivity contribution in [1.29, 1.82) is 0 Å². The van der Waals surface area contributed by atoms with Gasteiger partial charge in [0, 0.05) is 18.0 Å². The molecular formula is C18H25FN4O2S2. The zero-order chi connectivity index (χ0) is 19.7. The SMILES string of the molecule is CCNC(=NCCS(=O)(=O)Nc1ccc(C)c(F)c1)NCCc1cccs1. The lowest BCUT2D eigenvalue weighted by atomic mass is 10.2. The van der Waals surface area contributed by atoms with Gasteiger partial charge < -0.3 is 10.6 Å². The maximum Gasteiger partial charge on any atom is 0.234 e. The molecule has 0 aliphatic heterocycles. The van der Waals surface area contributed by atoms with E-state index in [1.54, 1.807) is 18.3 Å². The fourth-order valence-electron chi connectivity index (χ4n) is 2.27. The van der Waals surface area contributed by atoms with Gasteiger partial charge in [-0.05, 0) is 49.4 Å². The summed E-state index contributed by atoms with van der Waals surface area (Å²) in [6, 6.07) is 8.33. The number of rotatable bonds is 9. The second-order valence-electron chi connectivity index (χ2n) is 5.90. The Bertz CT molecular complexity index is 852. The molecular weight excluding hydrogens is 387 g/mol. The van der Waals surface area contributed by atoms with E-state index in [-0.39, 0.29) is 18.0 Å². The van der Waals surface area contributed by atoms with E-state index in [9.17, 15) is 12.8 Å². The number of guanidine groups is 1. The van der Waals surface area contributed by atoms with Crippen LogP contribution in [0, 0.1) is 12.7 Å². The van der Waals surface area contributed by atoms with Crippen molar-refractivity contribution in [3.63, 3.8) is 0 Å². The van der Waals surface area contributed by atoms with E-state index < -0.39 is 15.8 Å². The maximum absolute atomic E-state index is 13.5. The Morgan fingerprint density at radius 1 is 1.26 bits per heavy atom. The summed E-state index contributed by atoms with van der Waals surface area (Å²) in [5, 5.41) is 8.31. The minimum Gasteiger partial charge on any atom is -0.357 e. The van der Waals surface area contributed by atoms with Gasteiger partial charge >= 0.3 is 0 Å². The number of nitrogens with one attached hydrogen (secondary N) is 3. The quantitative estimate of drug-likeness (QED) is 0.437. The molecule has 0 atom stereocenters. The molecule has 0 spiro atoms. The average Bonchev–Trinajstić information content (AvgIpc) is 3.11. The van der Waals surface area contributed by atoms with Crippen molar-refractivity contribution in [2.24, 2.45) is 4.99 Å². The molecule has 0 unspecified atom stereocenters. The Morgan fingerprint density at radius 3 is 2.74 bits per heavy atom. The van der Waals surface area contributed by atoms with Gasteiger partial charge in [0.25, 0.3) is 0 Å². The molecule has 1 aromatic heterocycles. The molecule has 0 amide bonds. The number of thiophene rings is 1. The number of anilines is 1. The van der Waals surface area contributed by atoms with Gasteiger partial charge in [0.1, 0.15) is 5.82 Å². The van der Waals surface area contributed by atoms with Gasteiger partial charge in [-0.1, -0.05) is 12.1 Å². The monoisotopic (exact) mass is 412 g/mol. The van der Waals surface area contributed by atoms with Crippen molar-refractivity contribution in [1.82, 2.24) is 10.6 Å². The van der Waals surface area contributed by atoms with Crippen LogP contribution in [-0.2, 0) is 16.4 Å². The normalized spacial score (nSPS) is 12.0. The Hall–Kier alpha value is -2.13. The number of halogens is 1. The first-order valence-corrected chi connectivity index (χ1v) is 11.2. The summed E-state index contributed by atoms with van der Waals surface area (Å²) >= 11 is 1.70. The van der Waals surface area contributed by atoms with Crippen molar-refractivity contribution in [2.75, 3.05) is 30.1 Å². The van der Waals surface area contributed by atoms with E-state index in [0.29, 0.717) is 24.6 Å². The van der Waals surface area contributed by atoms with Crippen LogP contribution in [0.2, 0.25) is 0 Å². The van der Waals surface area contributed by atoms with Gasteiger partial charge in [0.05, 0.1) is 18.0 Å². The second kappa shape index (κ2) is 10.3. The minimum absolute atomic E-state index is 0.0953. The maximum atomic E-state index is 13.5. The molecule has 2 rings (SSSR count). The van der Waals surface area contributed by atoms with Gasteiger partial charge in [-0.2, -0.15) is 0 Å². The van der Waals surface area contributed by atoms with Gasteiger partial charge in [-0.15, -0.1) is 11.3 Å². The van der Waals surface area contributed by atoms with Crippen LogP contribution in [0.1, 0.15) is 17.4 Å². The third-order valence-electron chi connectivity index (χ3n) is 3.66. The van der Waals surface area contributed by atoms with E-state index in [4.69, 9.17) is 0 Å². The zero-order valence-corrected chi connectivity index (χ0v) is 17.1. The molecule has 2 aromatic rings. The van der Waals surface area contributed by atoms with Crippen LogP contribution in [0.5, 0.6) is 0 Å². The largest absolute Gasteiger partial charge is 0.357 e. The summed E-state index contributed by atoms with van der Waals surface area (Å²) < 4.78 is 40.2. The molecule has 0 radical (unpaired) electrons. The first-order valence-electron chi connectivity index (χ1n) is 8.71. The summed E-state index contributed by atoms with van der Waals surface area (Å²) in [5.41, 5.74) is 0.675. The molecule has 3 N–H and O–H groups in total. The summed E-state index contributed by atoms with van der Waals surface area (Å²) in [4.78, 5) is 5.57. The van der Waals surface area contributed by atoms with Crippen molar-refractivity contribution in [2.45, 2.75) is 20.3 Å². The highest BCUT2D eigenvalue weighted by molar-refractivity contribution is 7.92. The first kappa shape index (κ1) is 21.2. The van der Waals surface area contributed by atoms with Crippen LogP contribution >= 0.6 is 11.3 Å². The Labute approximate surface area is 164 Å². The predicted molar refractivity (Wildman–Crippen MR) is 111 cm³/mol. The zero-order valence-electron chi connectivity index (χ0n) is 15.5. The van der Waals surface area contributed by atoms with Crippen LogP contribution < -0.4 is 15.4 Å². The topological polar surface area (TPSA) is 82.6 Å². The lowest BCUT2D eigenvalue weighted by Crippen LogP contribution is -2.38. The molecule has 1 heterocycles. The molecule has 9 heteroatoms. The molecule has 0 bridgehead atoms. The van der Waals surface area contributed by atoms with Crippen LogP contribution in [0.15, 0.2) is 40.7 Å². The Kier molecular flexibility index (Phi) is 8.05. The number of aliphatic imine (C=N–C) groups is 1. The molecule has 0 fully saturated rings. The minimum atomic E-state index is -3.61. The predicted octanol–water partition coefficient (Wildman–Crippen LogP) is 2.74. The lowest BCUT2D eigenvalue weighted by Gasteiger charge is -2.11. The third-order valence-corrected chi connectivity index (χ3v) is 5.87. The van der Waals surface area contributed by atoms with Crippen molar-refractivity contribution < 1.29 is 12.8 Å². The van der Waals surface area contributed by atoms with Gasteiger partial charge in [-0.3, -0.25) is 9.71 Å². The Morgan fingerprint density at radius 2 is 2.07 bits per heavy atom. The van der Waals surface area contributed by atoms with E-state index in [1.165, 1.54) is 23.1 Å². The van der Waals surface area contributed by atoms with Crippen LogP contribution in [0.3, 0.4) is 0 Å². The number of hydrogen-bond donors (Lipinski definition) is 3. The van der Waals surface area contributed by atoms with Crippen LogP contribution in [0.4, 0.5) is 10.1 Å². The molecule has 6 nitrogen and oxygen atoms in total. The van der Waals surface area contributed by atoms with Gasteiger partial charge in [0.2, 0.25) is 10.0 Å². The second-order valence-corrected chi connectivity index (χ2v) is 8.78. The van der Waals surface area contributed by atoms with E-state index in [0.717, 1.165) is 6.42 Å². The number of sulfonamides is 1. The molecule has 0 saturated heterocycles. The van der Waals surface area contributed by atoms with Crippen molar-refractivity contribution in [3.8, 4) is 0 Å². The Balaban J connectivity index is 1.85. The molecule has 1 aromatic carbocycles. The van der Waals surface area contributed by atoms with Crippen LogP contribution in [0.25, 0.3) is 0 Å². The van der Waals surface area contributed by atoms with Crippen molar-refractivity contribution >= 4 is 33.0 Å².